The van der Waals surface area contributed by atoms with E-state index < -0.39 is 11.8 Å². The third-order valence-corrected chi connectivity index (χ3v) is 2.76. The van der Waals surface area contributed by atoms with Crippen LogP contribution in [0.1, 0.15) is 5.56 Å². The van der Waals surface area contributed by atoms with E-state index in [0.717, 1.165) is 10.5 Å². The molecule has 0 fully saturated rings. The first-order chi connectivity index (χ1) is 8.00. The number of halogens is 1. The summed E-state index contributed by atoms with van der Waals surface area (Å²) in [7, 11) is 1.36. The van der Waals surface area contributed by atoms with Crippen molar-refractivity contribution in [2.24, 2.45) is 0 Å². The molecule has 5 heteroatoms. The van der Waals surface area contributed by atoms with Crippen molar-refractivity contribution in [3.8, 4) is 5.75 Å². The molecule has 0 radical (unpaired) electrons. The first-order valence-electron chi connectivity index (χ1n) is 4.97. The highest BCUT2D eigenvalue weighted by Gasteiger charge is 2.36. The van der Waals surface area contributed by atoms with Gasteiger partial charge in [-0.1, -0.05) is 29.3 Å². The summed E-state index contributed by atoms with van der Waals surface area (Å²) in [5, 5.41) is -0.182. The highest BCUT2D eigenvalue weighted by molar-refractivity contribution is 6.47. The number of amides is 2. The van der Waals surface area contributed by atoms with Crippen molar-refractivity contribution in [3.05, 3.63) is 40.6 Å². The lowest BCUT2D eigenvalue weighted by Crippen LogP contribution is -2.27. The van der Waals surface area contributed by atoms with Gasteiger partial charge >= 0.3 is 0 Å². The Labute approximate surface area is 103 Å². The molecule has 0 saturated carbocycles. The van der Waals surface area contributed by atoms with E-state index in [1.165, 1.54) is 7.05 Å². The molecule has 0 aliphatic carbocycles. The van der Waals surface area contributed by atoms with Crippen LogP contribution in [0, 0.1) is 6.92 Å². The van der Waals surface area contributed by atoms with Crippen LogP contribution in [0.5, 0.6) is 5.75 Å². The summed E-state index contributed by atoms with van der Waals surface area (Å²) in [5.74, 6) is -0.720. The molecule has 0 bridgehead atoms. The predicted molar refractivity (Wildman–Crippen MR) is 62.5 cm³/mol. The van der Waals surface area contributed by atoms with E-state index in [2.05, 4.69) is 0 Å². The van der Waals surface area contributed by atoms with Gasteiger partial charge in [0.1, 0.15) is 5.75 Å². The van der Waals surface area contributed by atoms with Crippen molar-refractivity contribution in [1.82, 2.24) is 4.90 Å². The van der Waals surface area contributed by atoms with Crippen molar-refractivity contribution in [2.75, 3.05) is 7.05 Å². The van der Waals surface area contributed by atoms with Crippen LogP contribution in [0.15, 0.2) is 35.1 Å². The minimum absolute atomic E-state index is 0.122. The molecular formula is C12H10ClNO3. The number of nitrogens with zero attached hydrogens (tertiary/aromatic N) is 1. The smallest absolute Gasteiger partial charge is 0.298 e. The highest BCUT2D eigenvalue weighted by Crippen LogP contribution is 2.25. The molecule has 1 aromatic rings. The zero-order valence-corrected chi connectivity index (χ0v) is 10.1. The SMILES string of the molecule is Cc1ccc(OC2=C(Cl)C(=O)N(C)C2=O)cc1. The summed E-state index contributed by atoms with van der Waals surface area (Å²) in [5.41, 5.74) is 1.07. The monoisotopic (exact) mass is 251 g/mol. The van der Waals surface area contributed by atoms with Gasteiger partial charge in [0.2, 0.25) is 5.76 Å². The molecule has 0 spiro atoms. The van der Waals surface area contributed by atoms with E-state index in [0.29, 0.717) is 5.75 Å². The van der Waals surface area contributed by atoms with Crippen LogP contribution < -0.4 is 4.74 Å². The third-order valence-electron chi connectivity index (χ3n) is 2.43. The molecule has 0 N–H and O–H groups in total. The maximum absolute atomic E-state index is 11.6. The maximum Gasteiger partial charge on any atom is 0.298 e. The van der Waals surface area contributed by atoms with Crippen LogP contribution in [0.3, 0.4) is 0 Å². The quantitative estimate of drug-likeness (QED) is 0.754. The Hall–Kier alpha value is -1.81. The third kappa shape index (κ3) is 2.03. The van der Waals surface area contributed by atoms with Crippen LogP contribution in [-0.4, -0.2) is 23.8 Å². The molecule has 1 heterocycles. The molecule has 0 atom stereocenters. The van der Waals surface area contributed by atoms with Gasteiger partial charge in [-0.15, -0.1) is 0 Å². The molecule has 0 unspecified atom stereocenters. The normalized spacial score (nSPS) is 15.8. The van der Waals surface area contributed by atoms with Gasteiger partial charge in [0.05, 0.1) is 0 Å². The fourth-order valence-corrected chi connectivity index (χ4v) is 1.64. The summed E-state index contributed by atoms with van der Waals surface area (Å²) in [6.07, 6.45) is 0. The van der Waals surface area contributed by atoms with Crippen LogP contribution >= 0.6 is 11.6 Å². The average molecular weight is 252 g/mol. The molecule has 2 rings (SSSR count). The minimum Gasteiger partial charge on any atom is -0.450 e. The van der Waals surface area contributed by atoms with Crippen molar-refractivity contribution in [3.63, 3.8) is 0 Å². The molecule has 17 heavy (non-hydrogen) atoms. The fraction of sp³-hybridized carbons (Fsp3) is 0.167. The summed E-state index contributed by atoms with van der Waals surface area (Å²) in [4.78, 5) is 24.0. The Kier molecular flexibility index (Phi) is 2.90. The van der Waals surface area contributed by atoms with Crippen molar-refractivity contribution in [1.29, 1.82) is 0 Å². The number of benzene rings is 1. The maximum atomic E-state index is 11.6. The van der Waals surface area contributed by atoms with E-state index in [-0.39, 0.29) is 10.8 Å². The molecule has 88 valence electrons. The lowest BCUT2D eigenvalue weighted by atomic mass is 10.2. The summed E-state index contributed by atoms with van der Waals surface area (Å²) >= 11 is 5.74. The minimum atomic E-state index is -0.543. The molecule has 4 nitrogen and oxygen atoms in total. The van der Waals surface area contributed by atoms with Crippen LogP contribution in [0.4, 0.5) is 0 Å². The molecular weight excluding hydrogens is 242 g/mol. The number of hydrogen-bond donors (Lipinski definition) is 0. The van der Waals surface area contributed by atoms with Gasteiger partial charge in [0.25, 0.3) is 11.8 Å². The Morgan fingerprint density at radius 1 is 1.12 bits per heavy atom. The number of rotatable bonds is 2. The molecule has 2 amide bonds. The Balaban J connectivity index is 2.27. The summed E-state index contributed by atoms with van der Waals surface area (Å²) < 4.78 is 5.33. The first kappa shape index (κ1) is 11.7. The summed E-state index contributed by atoms with van der Waals surface area (Å²) in [6.45, 7) is 1.94. The Morgan fingerprint density at radius 3 is 2.18 bits per heavy atom. The number of carbonyl (C=O) groups is 2. The van der Waals surface area contributed by atoms with E-state index in [1.807, 2.05) is 19.1 Å². The second-order valence-electron chi connectivity index (χ2n) is 3.73. The van der Waals surface area contributed by atoms with E-state index in [1.54, 1.807) is 12.1 Å². The van der Waals surface area contributed by atoms with Gasteiger partial charge in [-0.25, -0.2) is 0 Å². The molecule has 1 aromatic carbocycles. The lowest BCUT2D eigenvalue weighted by Gasteiger charge is -2.07. The second-order valence-corrected chi connectivity index (χ2v) is 4.11. The second kappa shape index (κ2) is 4.22. The van der Waals surface area contributed by atoms with Gasteiger partial charge in [0.15, 0.2) is 5.03 Å². The predicted octanol–water partition coefficient (Wildman–Crippen LogP) is 1.82. The number of aryl methyl sites for hydroxylation is 1. The molecule has 0 saturated heterocycles. The molecule has 1 aliphatic rings. The van der Waals surface area contributed by atoms with Gasteiger partial charge in [0, 0.05) is 7.05 Å². The van der Waals surface area contributed by atoms with Gasteiger partial charge in [-0.05, 0) is 19.1 Å². The van der Waals surface area contributed by atoms with Crippen LogP contribution in [0.25, 0.3) is 0 Å². The highest BCUT2D eigenvalue weighted by atomic mass is 35.5. The van der Waals surface area contributed by atoms with Gasteiger partial charge < -0.3 is 4.74 Å². The number of likely N-dealkylation sites (N-methyl/N-ethyl adjacent to an activating group) is 1. The lowest BCUT2D eigenvalue weighted by molar-refractivity contribution is -0.136. The standard InChI is InChI=1S/C12H10ClNO3/c1-7-3-5-8(6-4-7)17-10-9(13)11(15)14(2)12(10)16/h3-6H,1-2H3. The zero-order valence-electron chi connectivity index (χ0n) is 9.36. The number of imide groups is 1. The molecule has 1 aliphatic heterocycles. The first-order valence-corrected chi connectivity index (χ1v) is 5.35. The van der Waals surface area contributed by atoms with Crippen molar-refractivity contribution in [2.45, 2.75) is 6.92 Å². The van der Waals surface area contributed by atoms with E-state index in [9.17, 15) is 9.59 Å². The topological polar surface area (TPSA) is 46.6 Å². The zero-order chi connectivity index (χ0) is 12.6. The Bertz CT molecular complexity index is 519. The van der Waals surface area contributed by atoms with Crippen molar-refractivity contribution >= 4 is 23.4 Å². The molecule has 0 aromatic heterocycles. The van der Waals surface area contributed by atoms with Gasteiger partial charge in [-0.3, -0.25) is 14.5 Å². The van der Waals surface area contributed by atoms with Crippen LogP contribution in [0.2, 0.25) is 0 Å². The average Bonchev–Trinajstić information content (AvgIpc) is 2.50. The fourth-order valence-electron chi connectivity index (χ4n) is 1.40. The van der Waals surface area contributed by atoms with Crippen LogP contribution in [-0.2, 0) is 9.59 Å². The number of ether oxygens (including phenoxy) is 1. The van der Waals surface area contributed by atoms with Gasteiger partial charge in [-0.2, -0.15) is 0 Å². The largest absolute Gasteiger partial charge is 0.450 e. The number of carbonyl (C=O) groups excluding carboxylic acids is 2. The van der Waals surface area contributed by atoms with E-state index in [4.69, 9.17) is 16.3 Å². The number of hydrogen-bond acceptors (Lipinski definition) is 3. The van der Waals surface area contributed by atoms with Crippen molar-refractivity contribution < 1.29 is 14.3 Å². The van der Waals surface area contributed by atoms with E-state index >= 15 is 0 Å². The Morgan fingerprint density at radius 2 is 1.71 bits per heavy atom. The summed E-state index contributed by atoms with van der Waals surface area (Å²) in [6, 6.07) is 7.11.